The van der Waals surface area contributed by atoms with Gasteiger partial charge in [-0.15, -0.1) is 0 Å². The van der Waals surface area contributed by atoms with Gasteiger partial charge in [-0.05, 0) is 42.5 Å². The fourth-order valence-electron chi connectivity index (χ4n) is 2.38. The Balaban J connectivity index is 2.08. The normalized spacial score (nSPS) is 12.4. The Morgan fingerprint density at radius 2 is 1.86 bits per heavy atom. The number of aryl methyl sites for hydroxylation is 1. The second-order valence-electron chi connectivity index (χ2n) is 5.36. The zero-order valence-electron chi connectivity index (χ0n) is 12.3. The van der Waals surface area contributed by atoms with Gasteiger partial charge in [0, 0.05) is 16.6 Å². The van der Waals surface area contributed by atoms with Gasteiger partial charge in [0.25, 0.3) is 0 Å². The highest BCUT2D eigenvalue weighted by Gasteiger charge is 2.13. The Morgan fingerprint density at radius 3 is 2.48 bits per heavy atom. The molecule has 0 bridgehead atoms. The number of hydrogen-bond donors (Lipinski definition) is 1. The Labute approximate surface area is 130 Å². The molecule has 0 aromatic heterocycles. The number of hydrogen-bond acceptors (Lipinski definition) is 1. The van der Waals surface area contributed by atoms with E-state index in [0.717, 1.165) is 12.0 Å². The van der Waals surface area contributed by atoms with Crippen LogP contribution in [0.15, 0.2) is 42.5 Å². The fraction of sp³-hybridized carbons (Fsp3) is 0.333. The van der Waals surface area contributed by atoms with Crippen molar-refractivity contribution < 1.29 is 4.39 Å². The molecular formula is C18H21ClFN. The van der Waals surface area contributed by atoms with Gasteiger partial charge in [0.1, 0.15) is 5.82 Å². The average molecular weight is 306 g/mol. The minimum absolute atomic E-state index is 0.250. The maximum Gasteiger partial charge on any atom is 0.127 e. The third-order valence-corrected chi connectivity index (χ3v) is 4.07. The molecule has 0 radical (unpaired) electrons. The first-order chi connectivity index (χ1) is 10.1. The molecule has 0 aliphatic heterocycles. The van der Waals surface area contributed by atoms with Crippen LogP contribution in [0.2, 0.25) is 5.02 Å². The van der Waals surface area contributed by atoms with Gasteiger partial charge in [-0.25, -0.2) is 4.39 Å². The van der Waals surface area contributed by atoms with Crippen molar-refractivity contribution in [2.45, 2.75) is 38.6 Å². The summed E-state index contributed by atoms with van der Waals surface area (Å²) in [5.74, 6) is -0.294. The second kappa shape index (κ2) is 7.58. The Bertz CT molecular complexity index is 560. The molecule has 112 valence electrons. The van der Waals surface area contributed by atoms with E-state index in [-0.39, 0.29) is 11.9 Å². The molecule has 21 heavy (non-hydrogen) atoms. The van der Waals surface area contributed by atoms with Gasteiger partial charge >= 0.3 is 0 Å². The van der Waals surface area contributed by atoms with Crippen molar-refractivity contribution in [2.24, 2.45) is 5.73 Å². The molecule has 0 fully saturated rings. The van der Waals surface area contributed by atoms with Gasteiger partial charge in [0.15, 0.2) is 0 Å². The Kier molecular flexibility index (Phi) is 5.77. The summed E-state index contributed by atoms with van der Waals surface area (Å²) in [4.78, 5) is 0. The lowest BCUT2D eigenvalue weighted by molar-refractivity contribution is 0.593. The van der Waals surface area contributed by atoms with Crippen LogP contribution in [0, 0.1) is 5.82 Å². The summed E-state index contributed by atoms with van der Waals surface area (Å²) in [6.45, 7) is 2.18. The highest BCUT2D eigenvalue weighted by atomic mass is 35.5. The quantitative estimate of drug-likeness (QED) is 0.792. The summed E-state index contributed by atoms with van der Waals surface area (Å²) in [6.07, 6.45) is 3.87. The van der Waals surface area contributed by atoms with Crippen LogP contribution in [0.3, 0.4) is 0 Å². The van der Waals surface area contributed by atoms with E-state index in [2.05, 4.69) is 19.1 Å². The highest BCUT2D eigenvalue weighted by molar-refractivity contribution is 6.31. The maximum absolute atomic E-state index is 13.8. The monoisotopic (exact) mass is 305 g/mol. The van der Waals surface area contributed by atoms with Gasteiger partial charge < -0.3 is 5.73 Å². The van der Waals surface area contributed by atoms with Crippen LogP contribution in [0.5, 0.6) is 0 Å². The summed E-state index contributed by atoms with van der Waals surface area (Å²) in [5.41, 5.74) is 9.00. The lowest BCUT2D eigenvalue weighted by Gasteiger charge is -2.14. The number of benzene rings is 2. The smallest absolute Gasteiger partial charge is 0.127 e. The molecule has 2 aromatic carbocycles. The fourth-order valence-corrected chi connectivity index (χ4v) is 2.62. The molecule has 0 saturated carbocycles. The number of nitrogens with two attached hydrogens (primary N) is 1. The molecule has 0 amide bonds. The lowest BCUT2D eigenvalue weighted by Crippen LogP contribution is -2.14. The largest absolute Gasteiger partial charge is 0.324 e. The Hall–Kier alpha value is -1.38. The van der Waals surface area contributed by atoms with Crippen molar-refractivity contribution in [1.29, 1.82) is 0 Å². The average Bonchev–Trinajstić information content (AvgIpc) is 2.49. The summed E-state index contributed by atoms with van der Waals surface area (Å²) in [6, 6.07) is 12.7. The predicted molar refractivity (Wildman–Crippen MR) is 87.1 cm³/mol. The van der Waals surface area contributed by atoms with E-state index in [1.807, 2.05) is 12.1 Å². The third-order valence-electron chi connectivity index (χ3n) is 3.71. The van der Waals surface area contributed by atoms with Crippen molar-refractivity contribution in [3.05, 3.63) is 70.0 Å². The lowest BCUT2D eigenvalue weighted by atomic mass is 9.97. The summed E-state index contributed by atoms with van der Waals surface area (Å²) in [7, 11) is 0. The standard InChI is InChI=1S/C18H21ClFN/c1-2-3-5-13-8-10-14(11-9-13)18(21)12-15-16(19)6-4-7-17(15)20/h4,6-11,18H,2-3,5,12,21H2,1H3. The van der Waals surface area contributed by atoms with Gasteiger partial charge in [0.2, 0.25) is 0 Å². The van der Waals surface area contributed by atoms with E-state index in [4.69, 9.17) is 17.3 Å². The Morgan fingerprint density at radius 1 is 1.14 bits per heavy atom. The van der Waals surface area contributed by atoms with Gasteiger partial charge in [-0.3, -0.25) is 0 Å². The van der Waals surface area contributed by atoms with Gasteiger partial charge in [0.05, 0.1) is 0 Å². The topological polar surface area (TPSA) is 26.0 Å². The number of halogens is 2. The van der Waals surface area contributed by atoms with Crippen molar-refractivity contribution in [3.8, 4) is 0 Å². The van der Waals surface area contributed by atoms with Crippen LogP contribution in [-0.2, 0) is 12.8 Å². The van der Waals surface area contributed by atoms with Crippen LogP contribution in [-0.4, -0.2) is 0 Å². The van der Waals surface area contributed by atoms with Crippen molar-refractivity contribution in [3.63, 3.8) is 0 Å². The molecule has 2 aromatic rings. The third kappa shape index (κ3) is 4.29. The molecule has 1 unspecified atom stereocenters. The molecule has 1 atom stereocenters. The van der Waals surface area contributed by atoms with E-state index in [1.54, 1.807) is 12.1 Å². The molecule has 3 heteroatoms. The van der Waals surface area contributed by atoms with Crippen LogP contribution < -0.4 is 5.73 Å². The molecule has 0 heterocycles. The minimum Gasteiger partial charge on any atom is -0.324 e. The summed E-state index contributed by atoms with van der Waals surface area (Å²) >= 11 is 6.05. The van der Waals surface area contributed by atoms with E-state index < -0.39 is 0 Å². The first kappa shape index (κ1) is 16.0. The van der Waals surface area contributed by atoms with E-state index in [0.29, 0.717) is 17.0 Å². The van der Waals surface area contributed by atoms with Crippen molar-refractivity contribution in [1.82, 2.24) is 0 Å². The zero-order chi connectivity index (χ0) is 15.2. The molecular weight excluding hydrogens is 285 g/mol. The minimum atomic E-state index is -0.294. The van der Waals surface area contributed by atoms with Crippen LogP contribution in [0.1, 0.15) is 42.5 Å². The zero-order valence-corrected chi connectivity index (χ0v) is 13.0. The molecule has 1 nitrogen and oxygen atoms in total. The molecule has 0 spiro atoms. The number of rotatable bonds is 6. The van der Waals surface area contributed by atoms with Crippen molar-refractivity contribution >= 4 is 11.6 Å². The van der Waals surface area contributed by atoms with Crippen LogP contribution in [0.4, 0.5) is 4.39 Å². The second-order valence-corrected chi connectivity index (χ2v) is 5.76. The van der Waals surface area contributed by atoms with Crippen LogP contribution >= 0.6 is 11.6 Å². The first-order valence-electron chi connectivity index (χ1n) is 7.39. The predicted octanol–water partition coefficient (Wildman–Crippen LogP) is 5.06. The molecule has 2 N–H and O–H groups in total. The van der Waals surface area contributed by atoms with E-state index in [1.165, 1.54) is 24.5 Å². The molecule has 0 aliphatic rings. The molecule has 0 saturated heterocycles. The van der Waals surface area contributed by atoms with Crippen molar-refractivity contribution in [2.75, 3.05) is 0 Å². The SMILES string of the molecule is CCCCc1ccc(C(N)Cc2c(F)cccc2Cl)cc1. The number of unbranched alkanes of at least 4 members (excludes halogenated alkanes) is 1. The summed E-state index contributed by atoms with van der Waals surface area (Å²) < 4.78 is 13.8. The summed E-state index contributed by atoms with van der Waals surface area (Å²) in [5, 5.41) is 0.435. The molecule has 0 aliphatic carbocycles. The maximum atomic E-state index is 13.8. The van der Waals surface area contributed by atoms with Gasteiger partial charge in [-0.2, -0.15) is 0 Å². The van der Waals surface area contributed by atoms with E-state index in [9.17, 15) is 4.39 Å². The van der Waals surface area contributed by atoms with Gasteiger partial charge in [-0.1, -0.05) is 55.3 Å². The van der Waals surface area contributed by atoms with E-state index >= 15 is 0 Å². The highest BCUT2D eigenvalue weighted by Crippen LogP contribution is 2.25. The first-order valence-corrected chi connectivity index (χ1v) is 7.77. The van der Waals surface area contributed by atoms with Crippen LogP contribution in [0.25, 0.3) is 0 Å². The molecule has 2 rings (SSSR count).